The summed E-state index contributed by atoms with van der Waals surface area (Å²) in [6.45, 7) is 0.846. The maximum Gasteiger partial charge on any atom is 0.251 e. The van der Waals surface area contributed by atoms with Crippen LogP contribution in [0.4, 0.5) is 0 Å². The highest BCUT2D eigenvalue weighted by molar-refractivity contribution is 7.89. The first-order chi connectivity index (χ1) is 13.0. The Labute approximate surface area is 158 Å². The molecular formula is C19H20N4O3S. The van der Waals surface area contributed by atoms with Crippen LogP contribution < -0.4 is 10.0 Å². The van der Waals surface area contributed by atoms with E-state index in [1.54, 1.807) is 12.5 Å². The number of rotatable bonds is 7. The number of nitrogens with one attached hydrogen (secondary N) is 2. The highest BCUT2D eigenvalue weighted by Crippen LogP contribution is 2.13. The minimum Gasteiger partial charge on any atom is -0.355 e. The van der Waals surface area contributed by atoms with E-state index < -0.39 is 10.0 Å². The summed E-state index contributed by atoms with van der Waals surface area (Å²) in [5.41, 5.74) is 2.32. The fourth-order valence-corrected chi connectivity index (χ4v) is 3.64. The first-order valence-electron chi connectivity index (χ1n) is 8.33. The van der Waals surface area contributed by atoms with E-state index in [0.29, 0.717) is 12.1 Å². The van der Waals surface area contributed by atoms with Crippen molar-refractivity contribution in [1.29, 1.82) is 0 Å². The van der Waals surface area contributed by atoms with Gasteiger partial charge in [0.1, 0.15) is 0 Å². The van der Waals surface area contributed by atoms with Gasteiger partial charge in [-0.25, -0.2) is 18.1 Å². The van der Waals surface area contributed by atoms with E-state index in [1.165, 1.54) is 31.3 Å². The third kappa shape index (κ3) is 4.81. The third-order valence-electron chi connectivity index (χ3n) is 4.04. The lowest BCUT2D eigenvalue weighted by molar-refractivity contribution is 0.0963. The lowest BCUT2D eigenvalue weighted by Gasteiger charge is -2.09. The van der Waals surface area contributed by atoms with E-state index in [4.69, 9.17) is 0 Å². The van der Waals surface area contributed by atoms with Crippen molar-refractivity contribution >= 4 is 15.9 Å². The van der Waals surface area contributed by atoms with Gasteiger partial charge in [-0.05, 0) is 35.4 Å². The molecule has 0 atom stereocenters. The van der Waals surface area contributed by atoms with E-state index >= 15 is 0 Å². The number of nitrogens with zero attached hydrogens (tertiary/aromatic N) is 2. The Hall–Kier alpha value is -2.97. The summed E-state index contributed by atoms with van der Waals surface area (Å²) in [6.07, 6.45) is 5.32. The Balaban J connectivity index is 1.67. The predicted octanol–water partition coefficient (Wildman–Crippen LogP) is 1.77. The van der Waals surface area contributed by atoms with E-state index in [2.05, 4.69) is 15.0 Å². The van der Waals surface area contributed by atoms with Crippen LogP contribution in [0.3, 0.4) is 0 Å². The minimum atomic E-state index is -3.67. The normalized spacial score (nSPS) is 11.3. The molecule has 1 aromatic heterocycles. The Morgan fingerprint density at radius 2 is 1.85 bits per heavy atom. The molecule has 0 unspecified atom stereocenters. The van der Waals surface area contributed by atoms with Gasteiger partial charge in [-0.3, -0.25) is 4.79 Å². The molecule has 0 saturated heterocycles. The number of carbonyl (C=O) groups is 1. The van der Waals surface area contributed by atoms with E-state index in [0.717, 1.165) is 11.1 Å². The zero-order valence-electron chi connectivity index (χ0n) is 14.8. The molecule has 0 saturated carbocycles. The van der Waals surface area contributed by atoms with Crippen LogP contribution in [0.5, 0.6) is 0 Å². The summed E-state index contributed by atoms with van der Waals surface area (Å²) in [6, 6.07) is 13.5. The second-order valence-electron chi connectivity index (χ2n) is 5.98. The van der Waals surface area contributed by atoms with Gasteiger partial charge in [-0.1, -0.05) is 24.3 Å². The van der Waals surface area contributed by atoms with Crippen LogP contribution >= 0.6 is 0 Å². The zero-order chi connectivity index (χ0) is 19.3. The number of carbonyl (C=O) groups excluding carboxylic acids is 1. The quantitative estimate of drug-likeness (QED) is 0.649. The van der Waals surface area contributed by atoms with Crippen molar-refractivity contribution in [2.24, 2.45) is 0 Å². The van der Waals surface area contributed by atoms with Gasteiger partial charge in [0.15, 0.2) is 0 Å². The minimum absolute atomic E-state index is 0.115. The van der Waals surface area contributed by atoms with Gasteiger partial charge in [0.05, 0.1) is 11.2 Å². The third-order valence-corrected chi connectivity index (χ3v) is 5.45. The van der Waals surface area contributed by atoms with Crippen LogP contribution in [0.2, 0.25) is 0 Å². The first kappa shape index (κ1) is 18.8. The summed E-state index contributed by atoms with van der Waals surface area (Å²) < 4.78 is 29.5. The number of hydrogen-bond donors (Lipinski definition) is 2. The molecule has 0 bridgehead atoms. The molecule has 0 radical (unpaired) electrons. The Morgan fingerprint density at radius 1 is 1.11 bits per heavy atom. The number of benzene rings is 2. The topological polar surface area (TPSA) is 93.1 Å². The van der Waals surface area contributed by atoms with E-state index in [-0.39, 0.29) is 17.3 Å². The average Bonchev–Trinajstić information content (AvgIpc) is 3.19. The molecule has 1 heterocycles. The number of amides is 1. The van der Waals surface area contributed by atoms with Crippen molar-refractivity contribution in [1.82, 2.24) is 19.6 Å². The molecule has 2 aromatic carbocycles. The fourth-order valence-electron chi connectivity index (χ4n) is 2.62. The Kier molecular flexibility index (Phi) is 5.68. The lowest BCUT2D eigenvalue weighted by Crippen LogP contribution is -2.23. The van der Waals surface area contributed by atoms with Crippen molar-refractivity contribution in [3.63, 3.8) is 0 Å². The first-order valence-corrected chi connectivity index (χ1v) is 9.81. The molecular weight excluding hydrogens is 364 g/mol. The molecule has 0 aliphatic rings. The predicted molar refractivity (Wildman–Crippen MR) is 102 cm³/mol. The highest BCUT2D eigenvalue weighted by Gasteiger charge is 2.14. The second kappa shape index (κ2) is 8.15. The number of aromatic nitrogens is 2. The zero-order valence-corrected chi connectivity index (χ0v) is 15.6. The maximum absolute atomic E-state index is 12.5. The summed E-state index contributed by atoms with van der Waals surface area (Å²) in [7, 11) is -2.14. The monoisotopic (exact) mass is 384 g/mol. The molecule has 0 spiro atoms. The number of hydrogen-bond acceptors (Lipinski definition) is 4. The number of imidazole rings is 1. The van der Waals surface area contributed by atoms with Crippen molar-refractivity contribution in [3.05, 3.63) is 83.9 Å². The van der Waals surface area contributed by atoms with Crippen molar-refractivity contribution < 1.29 is 13.2 Å². The molecule has 8 heteroatoms. The van der Waals surface area contributed by atoms with Crippen LogP contribution in [0.1, 0.15) is 21.5 Å². The van der Waals surface area contributed by atoms with E-state index in [1.807, 2.05) is 35.0 Å². The SMILES string of the molecule is CNC(=O)c1ccc(S(=O)(=O)NCc2cccc(Cn3ccnc3)c2)cc1. The van der Waals surface area contributed by atoms with Crippen LogP contribution in [0.25, 0.3) is 0 Å². The molecule has 140 valence electrons. The molecule has 1 amide bonds. The second-order valence-corrected chi connectivity index (χ2v) is 7.75. The van der Waals surface area contributed by atoms with Gasteiger partial charge >= 0.3 is 0 Å². The van der Waals surface area contributed by atoms with Gasteiger partial charge < -0.3 is 9.88 Å². The van der Waals surface area contributed by atoms with Crippen molar-refractivity contribution in [3.8, 4) is 0 Å². The molecule has 27 heavy (non-hydrogen) atoms. The van der Waals surface area contributed by atoms with Gasteiger partial charge in [0.2, 0.25) is 10.0 Å². The van der Waals surface area contributed by atoms with Gasteiger partial charge in [-0.2, -0.15) is 0 Å². The summed E-state index contributed by atoms with van der Waals surface area (Å²) >= 11 is 0. The Morgan fingerprint density at radius 3 is 2.52 bits per heavy atom. The van der Waals surface area contributed by atoms with Crippen molar-refractivity contribution in [2.45, 2.75) is 18.0 Å². The maximum atomic E-state index is 12.5. The van der Waals surface area contributed by atoms with Crippen LogP contribution in [0.15, 0.2) is 72.1 Å². The largest absolute Gasteiger partial charge is 0.355 e. The van der Waals surface area contributed by atoms with Gasteiger partial charge in [0, 0.05) is 38.1 Å². The summed E-state index contributed by atoms with van der Waals surface area (Å²) in [5.74, 6) is -0.262. The molecule has 3 aromatic rings. The molecule has 0 aliphatic heterocycles. The van der Waals surface area contributed by atoms with Gasteiger partial charge in [-0.15, -0.1) is 0 Å². The fraction of sp³-hybridized carbons (Fsp3) is 0.158. The number of sulfonamides is 1. The molecule has 7 nitrogen and oxygen atoms in total. The average molecular weight is 384 g/mol. The molecule has 0 fully saturated rings. The summed E-state index contributed by atoms with van der Waals surface area (Å²) in [5, 5.41) is 2.50. The molecule has 0 aliphatic carbocycles. The summed E-state index contributed by atoms with van der Waals surface area (Å²) in [4.78, 5) is 15.7. The van der Waals surface area contributed by atoms with Gasteiger partial charge in [0.25, 0.3) is 5.91 Å². The van der Waals surface area contributed by atoms with Crippen LogP contribution in [-0.4, -0.2) is 30.9 Å². The highest BCUT2D eigenvalue weighted by atomic mass is 32.2. The standard InChI is InChI=1S/C19H20N4O3S/c1-20-19(24)17-5-7-18(8-6-17)27(25,26)22-12-15-3-2-4-16(11-15)13-23-10-9-21-14-23/h2-11,14,22H,12-13H2,1H3,(H,20,24). The van der Waals surface area contributed by atoms with Crippen molar-refractivity contribution in [2.75, 3.05) is 7.05 Å². The van der Waals surface area contributed by atoms with Crippen LogP contribution in [-0.2, 0) is 23.1 Å². The van der Waals surface area contributed by atoms with Crippen LogP contribution in [0, 0.1) is 0 Å². The Bertz CT molecular complexity index is 1010. The molecule has 3 rings (SSSR count). The smallest absolute Gasteiger partial charge is 0.251 e. The van der Waals surface area contributed by atoms with E-state index in [9.17, 15) is 13.2 Å². The lowest BCUT2D eigenvalue weighted by atomic mass is 10.1. The molecule has 2 N–H and O–H groups in total.